The third-order valence-electron chi connectivity index (χ3n) is 5.07. The summed E-state index contributed by atoms with van der Waals surface area (Å²) < 4.78 is 1.99. The zero-order chi connectivity index (χ0) is 15.6. The molecule has 0 radical (unpaired) electrons. The average molecular weight is 308 g/mol. The molecule has 118 valence electrons. The monoisotopic (exact) mass is 308 g/mol. The highest BCUT2D eigenvalue weighted by Gasteiger charge is 2.27. The smallest absolute Gasteiger partial charge is 0.133 e. The van der Waals surface area contributed by atoms with E-state index in [0.717, 1.165) is 30.0 Å². The highest BCUT2D eigenvalue weighted by atomic mass is 15.3. The summed E-state index contributed by atoms with van der Waals surface area (Å²) in [6.45, 7) is 0.911. The van der Waals surface area contributed by atoms with Gasteiger partial charge in [0.1, 0.15) is 12.1 Å². The first-order valence-electron chi connectivity index (χ1n) is 8.36. The van der Waals surface area contributed by atoms with E-state index >= 15 is 0 Å². The van der Waals surface area contributed by atoms with Crippen LogP contribution in [0.5, 0.6) is 0 Å². The van der Waals surface area contributed by atoms with Crippen LogP contribution in [-0.2, 0) is 6.42 Å². The summed E-state index contributed by atoms with van der Waals surface area (Å²) in [4.78, 5) is 8.75. The minimum Gasteiger partial charge on any atom is -0.369 e. The zero-order valence-electron chi connectivity index (χ0n) is 13.1. The average Bonchev–Trinajstić information content (AvgIpc) is 3.32. The minimum atomic E-state index is 0.185. The summed E-state index contributed by atoms with van der Waals surface area (Å²) in [7, 11) is 0. The Morgan fingerprint density at radius 1 is 1.35 bits per heavy atom. The number of anilines is 1. The lowest BCUT2D eigenvalue weighted by Crippen LogP contribution is -2.17. The van der Waals surface area contributed by atoms with Crippen molar-refractivity contribution in [1.82, 2.24) is 19.7 Å². The third-order valence-corrected chi connectivity index (χ3v) is 5.07. The number of nitrogens with zero attached hydrogens (tertiary/aromatic N) is 5. The number of aromatic nitrogens is 4. The molecule has 4 rings (SSSR count). The van der Waals surface area contributed by atoms with E-state index in [1.807, 2.05) is 10.9 Å². The molecule has 3 heterocycles. The Bertz CT molecular complexity index is 738. The fraction of sp³-hybridized carbons (Fsp3) is 0.529. The molecule has 1 aliphatic heterocycles. The standard InChI is InChI=1S/C17H20N6/c18-7-5-15(12-3-1-2-4-12)23-10-13(9-22-23)16-14-6-8-19-17(14)21-11-20-16/h9-12,15H,1-6,8H2,(H,19,20,21). The Kier molecular flexibility index (Phi) is 3.70. The minimum absolute atomic E-state index is 0.185. The topological polar surface area (TPSA) is 79.4 Å². The SMILES string of the molecule is N#CCC(C1CCCC1)n1cc(-c2ncnc3c2CCN3)cn1. The molecule has 0 aromatic carbocycles. The molecular weight excluding hydrogens is 288 g/mol. The summed E-state index contributed by atoms with van der Waals surface area (Å²) in [5.74, 6) is 1.51. The fourth-order valence-corrected chi connectivity index (χ4v) is 3.91. The first-order chi connectivity index (χ1) is 11.4. The number of nitrogens with one attached hydrogen (secondary N) is 1. The van der Waals surface area contributed by atoms with E-state index in [0.29, 0.717) is 12.3 Å². The van der Waals surface area contributed by atoms with Crippen LogP contribution in [0.4, 0.5) is 5.82 Å². The fourth-order valence-electron chi connectivity index (χ4n) is 3.91. The van der Waals surface area contributed by atoms with Crippen molar-refractivity contribution in [3.05, 3.63) is 24.3 Å². The predicted molar refractivity (Wildman–Crippen MR) is 86.7 cm³/mol. The van der Waals surface area contributed by atoms with Crippen molar-refractivity contribution < 1.29 is 0 Å². The molecule has 1 aliphatic carbocycles. The van der Waals surface area contributed by atoms with Crippen molar-refractivity contribution >= 4 is 5.82 Å². The third kappa shape index (κ3) is 2.56. The first kappa shape index (κ1) is 14.2. The maximum atomic E-state index is 9.19. The van der Waals surface area contributed by atoms with Gasteiger partial charge < -0.3 is 5.32 Å². The van der Waals surface area contributed by atoms with Gasteiger partial charge >= 0.3 is 0 Å². The number of hydrogen-bond donors (Lipinski definition) is 1. The van der Waals surface area contributed by atoms with E-state index in [2.05, 4.69) is 32.6 Å². The van der Waals surface area contributed by atoms with Gasteiger partial charge in [0.2, 0.25) is 0 Å². The Labute approximate surface area is 135 Å². The van der Waals surface area contributed by atoms with Gasteiger partial charge in [0, 0.05) is 23.9 Å². The number of hydrogen-bond acceptors (Lipinski definition) is 5. The normalized spacial score (nSPS) is 18.4. The molecule has 6 nitrogen and oxygen atoms in total. The molecule has 2 aromatic heterocycles. The van der Waals surface area contributed by atoms with Gasteiger partial charge in [-0.3, -0.25) is 4.68 Å². The van der Waals surface area contributed by atoms with E-state index < -0.39 is 0 Å². The molecular formula is C17H20N6. The van der Waals surface area contributed by atoms with Gasteiger partial charge in [0.05, 0.1) is 30.4 Å². The number of nitriles is 1. The van der Waals surface area contributed by atoms with Crippen LogP contribution in [0.25, 0.3) is 11.3 Å². The van der Waals surface area contributed by atoms with E-state index in [-0.39, 0.29) is 6.04 Å². The molecule has 1 atom stereocenters. The second kappa shape index (κ2) is 5.99. The van der Waals surface area contributed by atoms with Crippen LogP contribution >= 0.6 is 0 Å². The lowest BCUT2D eigenvalue weighted by Gasteiger charge is -2.21. The molecule has 2 aliphatic rings. The summed E-state index contributed by atoms with van der Waals surface area (Å²) in [6.07, 6.45) is 11.9. The van der Waals surface area contributed by atoms with E-state index in [1.54, 1.807) is 6.33 Å². The van der Waals surface area contributed by atoms with Crippen LogP contribution in [0.1, 0.15) is 43.7 Å². The summed E-state index contributed by atoms with van der Waals surface area (Å²) >= 11 is 0. The molecule has 1 saturated carbocycles. The van der Waals surface area contributed by atoms with Crippen molar-refractivity contribution in [3.63, 3.8) is 0 Å². The molecule has 6 heteroatoms. The van der Waals surface area contributed by atoms with Crippen molar-refractivity contribution in [2.45, 2.75) is 44.6 Å². The lowest BCUT2D eigenvalue weighted by molar-refractivity contribution is 0.315. The van der Waals surface area contributed by atoms with E-state index in [9.17, 15) is 5.26 Å². The quantitative estimate of drug-likeness (QED) is 0.939. The highest BCUT2D eigenvalue weighted by molar-refractivity contribution is 5.69. The predicted octanol–water partition coefficient (Wildman–Crippen LogP) is 2.95. The van der Waals surface area contributed by atoms with Crippen LogP contribution in [0.15, 0.2) is 18.7 Å². The van der Waals surface area contributed by atoms with Crippen molar-refractivity contribution in [1.29, 1.82) is 5.26 Å². The maximum Gasteiger partial charge on any atom is 0.133 e. The summed E-state index contributed by atoms with van der Waals surface area (Å²) in [6, 6.07) is 2.52. The first-order valence-corrected chi connectivity index (χ1v) is 8.36. The van der Waals surface area contributed by atoms with E-state index in [1.165, 1.54) is 31.2 Å². The van der Waals surface area contributed by atoms with Crippen LogP contribution in [0.2, 0.25) is 0 Å². The summed E-state index contributed by atoms with van der Waals surface area (Å²) in [5.41, 5.74) is 3.16. The molecule has 0 saturated heterocycles. The van der Waals surface area contributed by atoms with Gasteiger partial charge in [0.25, 0.3) is 0 Å². The molecule has 0 amide bonds. The largest absolute Gasteiger partial charge is 0.369 e. The Morgan fingerprint density at radius 2 is 2.22 bits per heavy atom. The van der Waals surface area contributed by atoms with Gasteiger partial charge in [-0.05, 0) is 25.2 Å². The van der Waals surface area contributed by atoms with E-state index in [4.69, 9.17) is 0 Å². The second-order valence-electron chi connectivity index (χ2n) is 6.41. The van der Waals surface area contributed by atoms with Crippen molar-refractivity contribution in [2.24, 2.45) is 5.92 Å². The molecule has 23 heavy (non-hydrogen) atoms. The van der Waals surface area contributed by atoms with Crippen molar-refractivity contribution in [2.75, 3.05) is 11.9 Å². The van der Waals surface area contributed by atoms with Crippen LogP contribution in [0.3, 0.4) is 0 Å². The molecule has 2 aromatic rings. The molecule has 1 N–H and O–H groups in total. The number of rotatable bonds is 4. The van der Waals surface area contributed by atoms with Crippen LogP contribution in [-0.4, -0.2) is 26.3 Å². The van der Waals surface area contributed by atoms with Gasteiger partial charge in [-0.2, -0.15) is 10.4 Å². The van der Waals surface area contributed by atoms with Crippen LogP contribution in [0, 0.1) is 17.2 Å². The molecule has 1 fully saturated rings. The Balaban J connectivity index is 1.66. The van der Waals surface area contributed by atoms with Gasteiger partial charge in [-0.25, -0.2) is 9.97 Å². The van der Waals surface area contributed by atoms with Gasteiger partial charge in [0.15, 0.2) is 0 Å². The van der Waals surface area contributed by atoms with Crippen molar-refractivity contribution in [3.8, 4) is 17.3 Å². The molecule has 1 unspecified atom stereocenters. The molecule has 0 spiro atoms. The Morgan fingerprint density at radius 3 is 3.04 bits per heavy atom. The maximum absolute atomic E-state index is 9.19. The lowest BCUT2D eigenvalue weighted by atomic mass is 9.96. The summed E-state index contributed by atoms with van der Waals surface area (Å²) in [5, 5.41) is 17.0. The second-order valence-corrected chi connectivity index (χ2v) is 6.41. The highest BCUT2D eigenvalue weighted by Crippen LogP contribution is 2.37. The zero-order valence-corrected chi connectivity index (χ0v) is 13.1. The molecule has 0 bridgehead atoms. The van der Waals surface area contributed by atoms with Crippen LogP contribution < -0.4 is 5.32 Å². The van der Waals surface area contributed by atoms with Gasteiger partial charge in [-0.1, -0.05) is 12.8 Å². The number of fused-ring (bicyclic) bond motifs is 1. The van der Waals surface area contributed by atoms with Gasteiger partial charge in [-0.15, -0.1) is 0 Å². The Hall–Kier alpha value is -2.42.